The van der Waals surface area contributed by atoms with Crippen LogP contribution < -0.4 is 5.32 Å². The largest absolute Gasteiger partial charge is 0.346 e. The summed E-state index contributed by atoms with van der Waals surface area (Å²) in [6.45, 7) is 2.89. The van der Waals surface area contributed by atoms with Gasteiger partial charge in [-0.05, 0) is 25.6 Å². The second kappa shape index (κ2) is 3.87. The molecule has 0 unspecified atom stereocenters. The number of benzene rings is 1. The first-order chi connectivity index (χ1) is 7.16. The van der Waals surface area contributed by atoms with Gasteiger partial charge in [-0.1, -0.05) is 23.7 Å². The van der Waals surface area contributed by atoms with Crippen molar-refractivity contribution in [1.29, 1.82) is 0 Å². The Morgan fingerprint density at radius 3 is 2.80 bits per heavy atom. The summed E-state index contributed by atoms with van der Waals surface area (Å²) < 4.78 is 2.14. The number of hydrogen-bond donors (Lipinski definition) is 1. The molecule has 1 heterocycles. The lowest BCUT2D eigenvalue weighted by Gasteiger charge is -2.03. The van der Waals surface area contributed by atoms with E-state index < -0.39 is 0 Å². The molecule has 3 heteroatoms. The van der Waals surface area contributed by atoms with E-state index >= 15 is 0 Å². The van der Waals surface area contributed by atoms with Crippen molar-refractivity contribution in [3.63, 3.8) is 0 Å². The van der Waals surface area contributed by atoms with Crippen molar-refractivity contribution < 1.29 is 0 Å². The topological polar surface area (TPSA) is 17.0 Å². The van der Waals surface area contributed by atoms with E-state index in [0.717, 1.165) is 17.3 Å². The molecule has 2 aromatic rings. The standard InChI is InChI=1S/C12H15ClN2/c1-8-12(13)11-9(7-14-2)5-4-6-10(11)15(8)3/h4-6,14H,7H2,1-3H3. The normalized spacial score (nSPS) is 11.2. The monoisotopic (exact) mass is 222 g/mol. The van der Waals surface area contributed by atoms with Crippen molar-refractivity contribution >= 4 is 22.5 Å². The van der Waals surface area contributed by atoms with Gasteiger partial charge in [0.15, 0.2) is 0 Å². The molecule has 1 aromatic heterocycles. The Morgan fingerprint density at radius 2 is 2.13 bits per heavy atom. The van der Waals surface area contributed by atoms with E-state index in [1.54, 1.807) is 0 Å². The van der Waals surface area contributed by atoms with E-state index in [9.17, 15) is 0 Å². The minimum absolute atomic E-state index is 0.848. The summed E-state index contributed by atoms with van der Waals surface area (Å²) >= 11 is 6.34. The number of aryl methyl sites for hydroxylation is 1. The van der Waals surface area contributed by atoms with Crippen molar-refractivity contribution in [3.05, 3.63) is 34.5 Å². The van der Waals surface area contributed by atoms with Gasteiger partial charge in [-0.2, -0.15) is 0 Å². The van der Waals surface area contributed by atoms with Gasteiger partial charge in [0.05, 0.1) is 5.02 Å². The summed E-state index contributed by atoms with van der Waals surface area (Å²) in [6, 6.07) is 6.29. The van der Waals surface area contributed by atoms with Crippen LogP contribution in [0.4, 0.5) is 0 Å². The average Bonchev–Trinajstić information content (AvgIpc) is 2.46. The van der Waals surface area contributed by atoms with Crippen molar-refractivity contribution in [2.45, 2.75) is 13.5 Å². The van der Waals surface area contributed by atoms with Gasteiger partial charge in [0.1, 0.15) is 0 Å². The van der Waals surface area contributed by atoms with E-state index in [1.807, 2.05) is 21.0 Å². The fourth-order valence-corrected chi connectivity index (χ4v) is 2.31. The highest BCUT2D eigenvalue weighted by molar-refractivity contribution is 6.36. The predicted octanol–water partition coefficient (Wildman–Crippen LogP) is 2.86. The van der Waals surface area contributed by atoms with E-state index in [0.29, 0.717) is 0 Å². The van der Waals surface area contributed by atoms with Crippen LogP contribution in [0.25, 0.3) is 10.9 Å². The summed E-state index contributed by atoms with van der Waals surface area (Å²) in [6.07, 6.45) is 0. The molecular formula is C12H15ClN2. The first kappa shape index (κ1) is 10.5. The molecule has 0 amide bonds. The number of hydrogen-bond acceptors (Lipinski definition) is 1. The number of nitrogens with zero attached hydrogens (tertiary/aromatic N) is 1. The zero-order valence-corrected chi connectivity index (χ0v) is 10.0. The Balaban J connectivity index is 2.79. The Labute approximate surface area is 94.8 Å². The van der Waals surface area contributed by atoms with Crippen LogP contribution in [0.1, 0.15) is 11.3 Å². The third-order valence-electron chi connectivity index (χ3n) is 2.90. The van der Waals surface area contributed by atoms with Crippen molar-refractivity contribution in [1.82, 2.24) is 9.88 Å². The van der Waals surface area contributed by atoms with Crippen molar-refractivity contribution in [3.8, 4) is 0 Å². The Morgan fingerprint density at radius 1 is 1.40 bits per heavy atom. The summed E-state index contributed by atoms with van der Waals surface area (Å²) in [5, 5.41) is 5.21. The molecule has 0 atom stereocenters. The van der Waals surface area contributed by atoms with Crippen LogP contribution in [-0.2, 0) is 13.6 Å². The number of rotatable bonds is 2. The maximum Gasteiger partial charge on any atom is 0.0694 e. The summed E-state index contributed by atoms with van der Waals surface area (Å²) in [5.74, 6) is 0. The lowest BCUT2D eigenvalue weighted by atomic mass is 10.1. The molecule has 15 heavy (non-hydrogen) atoms. The smallest absolute Gasteiger partial charge is 0.0694 e. The maximum absolute atomic E-state index is 6.34. The van der Waals surface area contributed by atoms with Crippen LogP contribution in [-0.4, -0.2) is 11.6 Å². The highest BCUT2D eigenvalue weighted by Crippen LogP contribution is 2.31. The van der Waals surface area contributed by atoms with Gasteiger partial charge in [0.25, 0.3) is 0 Å². The fourth-order valence-electron chi connectivity index (χ4n) is 1.97. The average molecular weight is 223 g/mol. The van der Waals surface area contributed by atoms with E-state index in [-0.39, 0.29) is 0 Å². The third-order valence-corrected chi connectivity index (χ3v) is 3.36. The molecule has 1 N–H and O–H groups in total. The minimum Gasteiger partial charge on any atom is -0.346 e. The Hall–Kier alpha value is -0.990. The Kier molecular flexibility index (Phi) is 2.72. The fraction of sp³-hybridized carbons (Fsp3) is 0.333. The molecule has 1 aromatic carbocycles. The van der Waals surface area contributed by atoms with Crippen LogP contribution in [0, 0.1) is 6.92 Å². The van der Waals surface area contributed by atoms with Gasteiger partial charge in [-0.25, -0.2) is 0 Å². The van der Waals surface area contributed by atoms with E-state index in [1.165, 1.54) is 16.5 Å². The molecular weight excluding hydrogens is 208 g/mol. The number of halogens is 1. The highest BCUT2D eigenvalue weighted by atomic mass is 35.5. The molecule has 0 aliphatic rings. The third kappa shape index (κ3) is 1.54. The second-order valence-corrected chi connectivity index (χ2v) is 4.18. The summed E-state index contributed by atoms with van der Waals surface area (Å²) in [4.78, 5) is 0. The van der Waals surface area contributed by atoms with Gasteiger partial charge in [-0.15, -0.1) is 0 Å². The molecule has 0 saturated carbocycles. The Bertz CT molecular complexity index is 500. The van der Waals surface area contributed by atoms with Gasteiger partial charge in [0.2, 0.25) is 0 Å². The summed E-state index contributed by atoms with van der Waals surface area (Å²) in [7, 11) is 4.00. The molecule has 0 aliphatic heterocycles. The molecule has 2 rings (SSSR count). The molecule has 0 saturated heterocycles. The lowest BCUT2D eigenvalue weighted by molar-refractivity contribution is 0.823. The van der Waals surface area contributed by atoms with Crippen LogP contribution in [0.2, 0.25) is 5.02 Å². The molecule has 0 aliphatic carbocycles. The zero-order chi connectivity index (χ0) is 11.0. The number of aromatic nitrogens is 1. The summed E-state index contributed by atoms with van der Waals surface area (Å²) in [5.41, 5.74) is 3.57. The van der Waals surface area contributed by atoms with E-state index in [4.69, 9.17) is 11.6 Å². The lowest BCUT2D eigenvalue weighted by Crippen LogP contribution is -2.05. The van der Waals surface area contributed by atoms with Crippen molar-refractivity contribution in [2.75, 3.05) is 7.05 Å². The second-order valence-electron chi connectivity index (χ2n) is 3.80. The molecule has 0 spiro atoms. The van der Waals surface area contributed by atoms with Gasteiger partial charge >= 0.3 is 0 Å². The van der Waals surface area contributed by atoms with Gasteiger partial charge in [-0.3, -0.25) is 0 Å². The van der Waals surface area contributed by atoms with Crippen LogP contribution in [0.3, 0.4) is 0 Å². The minimum atomic E-state index is 0.848. The molecule has 0 radical (unpaired) electrons. The van der Waals surface area contributed by atoms with Crippen LogP contribution in [0.5, 0.6) is 0 Å². The first-order valence-corrected chi connectivity index (χ1v) is 5.41. The van der Waals surface area contributed by atoms with Crippen LogP contribution in [0.15, 0.2) is 18.2 Å². The van der Waals surface area contributed by atoms with E-state index in [2.05, 4.69) is 28.1 Å². The molecule has 0 fully saturated rings. The SMILES string of the molecule is CNCc1cccc2c1c(Cl)c(C)n2C. The zero-order valence-electron chi connectivity index (χ0n) is 9.26. The quantitative estimate of drug-likeness (QED) is 0.827. The predicted molar refractivity (Wildman–Crippen MR) is 65.4 cm³/mol. The molecule has 2 nitrogen and oxygen atoms in total. The molecule has 80 valence electrons. The van der Waals surface area contributed by atoms with Gasteiger partial charge in [0, 0.05) is 30.2 Å². The molecule has 0 bridgehead atoms. The van der Waals surface area contributed by atoms with Gasteiger partial charge < -0.3 is 9.88 Å². The number of nitrogens with one attached hydrogen (secondary N) is 1. The number of fused-ring (bicyclic) bond motifs is 1. The van der Waals surface area contributed by atoms with Crippen molar-refractivity contribution in [2.24, 2.45) is 7.05 Å². The van der Waals surface area contributed by atoms with Crippen LogP contribution >= 0.6 is 11.6 Å². The highest BCUT2D eigenvalue weighted by Gasteiger charge is 2.12. The first-order valence-electron chi connectivity index (χ1n) is 5.03. The maximum atomic E-state index is 6.34.